The van der Waals surface area contributed by atoms with Crippen molar-refractivity contribution in [1.29, 1.82) is 0 Å². The Labute approximate surface area is 156 Å². The molecule has 0 N–H and O–H groups in total. The molecule has 4 nitrogen and oxygen atoms in total. The molecule has 0 aromatic heterocycles. The summed E-state index contributed by atoms with van der Waals surface area (Å²) in [6.07, 6.45) is 10.1. The van der Waals surface area contributed by atoms with Crippen LogP contribution in [0.3, 0.4) is 0 Å². The van der Waals surface area contributed by atoms with Gasteiger partial charge in [-0.2, -0.15) is 0 Å². The molecule has 1 heterocycles. The number of esters is 2. The van der Waals surface area contributed by atoms with Crippen molar-refractivity contribution >= 4 is 11.9 Å². The van der Waals surface area contributed by atoms with Crippen molar-refractivity contribution in [3.05, 3.63) is 47.1 Å². The van der Waals surface area contributed by atoms with Crippen molar-refractivity contribution in [2.75, 3.05) is 0 Å². The van der Waals surface area contributed by atoms with Crippen LogP contribution in [0.2, 0.25) is 0 Å². The second-order valence-electron chi connectivity index (χ2n) is 7.42. The molecule has 0 amide bonds. The van der Waals surface area contributed by atoms with Gasteiger partial charge in [-0.25, -0.2) is 4.79 Å². The van der Waals surface area contributed by atoms with Crippen LogP contribution in [-0.4, -0.2) is 24.1 Å². The van der Waals surface area contributed by atoms with Gasteiger partial charge in [-0.3, -0.25) is 4.79 Å². The van der Waals surface area contributed by atoms with E-state index in [0.717, 1.165) is 31.3 Å². The predicted molar refractivity (Wildman–Crippen MR) is 102 cm³/mol. The summed E-state index contributed by atoms with van der Waals surface area (Å²) >= 11 is 0. The maximum absolute atomic E-state index is 12.0. The SMILES string of the molecule is C=C1C(=O)O[C@H]2/C=C(\C)CC/C=C(\C)CCC(OC(C)=O)/C(C)=C/C[C@@H]12. The second kappa shape index (κ2) is 9.02. The van der Waals surface area contributed by atoms with E-state index in [2.05, 4.69) is 38.7 Å². The molecule has 0 aromatic carbocycles. The van der Waals surface area contributed by atoms with Crippen LogP contribution in [0.4, 0.5) is 0 Å². The van der Waals surface area contributed by atoms with Gasteiger partial charge in [0.2, 0.25) is 0 Å². The van der Waals surface area contributed by atoms with E-state index >= 15 is 0 Å². The standard InChI is InChI=1S/C22H30O4/c1-14-7-6-8-15(2)13-21-19(17(4)22(24)26-21)11-10-16(3)20(12-9-14)25-18(5)23/h7,10,13,19-21H,4,6,8-9,11-12H2,1-3,5H3/b14-7+,15-13+,16-10+/t19-,20?,21-/m0/s1. The van der Waals surface area contributed by atoms with E-state index in [1.54, 1.807) is 0 Å². The highest BCUT2D eigenvalue weighted by Crippen LogP contribution is 2.33. The Bertz CT molecular complexity index is 666. The fourth-order valence-corrected chi connectivity index (χ4v) is 3.45. The molecule has 3 atom stereocenters. The Balaban J connectivity index is 2.30. The summed E-state index contributed by atoms with van der Waals surface area (Å²) in [7, 11) is 0. The molecule has 142 valence electrons. The average molecular weight is 358 g/mol. The molecule has 4 heteroatoms. The first-order valence-electron chi connectivity index (χ1n) is 9.34. The van der Waals surface area contributed by atoms with E-state index in [1.165, 1.54) is 18.1 Å². The summed E-state index contributed by atoms with van der Waals surface area (Å²) in [5.41, 5.74) is 4.06. The van der Waals surface area contributed by atoms with E-state index < -0.39 is 0 Å². The predicted octanol–water partition coefficient (Wildman–Crippen LogP) is 4.82. The normalized spacial score (nSPS) is 34.2. The van der Waals surface area contributed by atoms with Crippen molar-refractivity contribution in [3.8, 4) is 0 Å². The summed E-state index contributed by atoms with van der Waals surface area (Å²) in [4.78, 5) is 23.5. The lowest BCUT2D eigenvalue weighted by molar-refractivity contribution is -0.145. The van der Waals surface area contributed by atoms with E-state index in [1.807, 2.05) is 6.92 Å². The van der Waals surface area contributed by atoms with Gasteiger partial charge in [0, 0.05) is 18.4 Å². The molecule has 0 spiro atoms. The molecule has 1 aliphatic heterocycles. The number of rotatable bonds is 1. The third kappa shape index (κ3) is 5.45. The number of hydrogen-bond acceptors (Lipinski definition) is 4. The van der Waals surface area contributed by atoms with Crippen LogP contribution in [0.15, 0.2) is 47.1 Å². The molecule has 1 saturated heterocycles. The molecule has 2 aliphatic rings. The fourth-order valence-electron chi connectivity index (χ4n) is 3.45. The third-order valence-electron chi connectivity index (χ3n) is 5.14. The minimum Gasteiger partial charge on any atom is -0.458 e. The number of carbonyl (C=O) groups excluding carboxylic acids is 2. The van der Waals surface area contributed by atoms with Crippen LogP contribution in [0.5, 0.6) is 0 Å². The highest BCUT2D eigenvalue weighted by molar-refractivity contribution is 5.91. The van der Waals surface area contributed by atoms with Gasteiger partial charge in [0.1, 0.15) is 12.2 Å². The van der Waals surface area contributed by atoms with Crippen molar-refractivity contribution < 1.29 is 19.1 Å². The summed E-state index contributed by atoms with van der Waals surface area (Å²) < 4.78 is 11.0. The van der Waals surface area contributed by atoms with E-state index in [0.29, 0.717) is 12.0 Å². The van der Waals surface area contributed by atoms with Crippen LogP contribution in [0, 0.1) is 5.92 Å². The topological polar surface area (TPSA) is 52.6 Å². The Morgan fingerprint density at radius 1 is 1.19 bits per heavy atom. The maximum atomic E-state index is 12.0. The van der Waals surface area contributed by atoms with Gasteiger partial charge >= 0.3 is 11.9 Å². The van der Waals surface area contributed by atoms with Gasteiger partial charge in [0.05, 0.1) is 0 Å². The Hall–Kier alpha value is -2.10. The lowest BCUT2D eigenvalue weighted by Crippen LogP contribution is -2.19. The monoisotopic (exact) mass is 358 g/mol. The number of carbonyl (C=O) groups is 2. The molecule has 26 heavy (non-hydrogen) atoms. The summed E-state index contributed by atoms with van der Waals surface area (Å²) in [5, 5.41) is 0. The second-order valence-corrected chi connectivity index (χ2v) is 7.42. The van der Waals surface area contributed by atoms with Gasteiger partial charge in [0.15, 0.2) is 0 Å². The quantitative estimate of drug-likeness (QED) is 0.383. The average Bonchev–Trinajstić information content (AvgIpc) is 2.82. The molecule has 0 bridgehead atoms. The van der Waals surface area contributed by atoms with Gasteiger partial charge in [-0.15, -0.1) is 0 Å². The fraction of sp³-hybridized carbons (Fsp3) is 0.545. The zero-order valence-corrected chi connectivity index (χ0v) is 16.3. The summed E-state index contributed by atoms with van der Waals surface area (Å²) in [5.74, 6) is -0.650. The van der Waals surface area contributed by atoms with Gasteiger partial charge in [0.25, 0.3) is 0 Å². The van der Waals surface area contributed by atoms with Crippen LogP contribution in [0.25, 0.3) is 0 Å². The molecule has 1 fully saturated rings. The van der Waals surface area contributed by atoms with Crippen LogP contribution in [0.1, 0.15) is 59.8 Å². The minimum atomic E-state index is -0.313. The van der Waals surface area contributed by atoms with Crippen molar-refractivity contribution in [2.45, 2.75) is 72.0 Å². The van der Waals surface area contributed by atoms with E-state index in [-0.39, 0.29) is 30.1 Å². The highest BCUT2D eigenvalue weighted by Gasteiger charge is 2.36. The molecule has 0 aromatic rings. The van der Waals surface area contributed by atoms with Crippen molar-refractivity contribution in [3.63, 3.8) is 0 Å². The summed E-state index contributed by atoms with van der Waals surface area (Å²) in [6, 6.07) is 0. The summed E-state index contributed by atoms with van der Waals surface area (Å²) in [6.45, 7) is 11.5. The molecular weight excluding hydrogens is 328 g/mol. The Morgan fingerprint density at radius 2 is 1.92 bits per heavy atom. The van der Waals surface area contributed by atoms with E-state index in [4.69, 9.17) is 9.47 Å². The molecule has 0 saturated carbocycles. The van der Waals surface area contributed by atoms with Crippen molar-refractivity contribution in [1.82, 2.24) is 0 Å². The van der Waals surface area contributed by atoms with Crippen LogP contribution in [-0.2, 0) is 19.1 Å². The number of allylic oxidation sites excluding steroid dienone is 4. The lowest BCUT2D eigenvalue weighted by Gasteiger charge is -2.20. The molecule has 2 rings (SSSR count). The zero-order valence-electron chi connectivity index (χ0n) is 16.3. The molecule has 1 aliphatic carbocycles. The number of ether oxygens (including phenoxy) is 2. The van der Waals surface area contributed by atoms with Gasteiger partial charge in [-0.1, -0.05) is 29.9 Å². The highest BCUT2D eigenvalue weighted by atomic mass is 16.6. The Kier molecular flexibility index (Phi) is 7.01. The first-order chi connectivity index (χ1) is 12.3. The maximum Gasteiger partial charge on any atom is 0.334 e. The first kappa shape index (κ1) is 20.2. The number of fused-ring (bicyclic) bond motifs is 1. The number of hydrogen-bond donors (Lipinski definition) is 0. The minimum absolute atomic E-state index is 0.0643. The van der Waals surface area contributed by atoms with E-state index in [9.17, 15) is 9.59 Å². The first-order valence-corrected chi connectivity index (χ1v) is 9.34. The smallest absolute Gasteiger partial charge is 0.334 e. The van der Waals surface area contributed by atoms with Crippen LogP contribution >= 0.6 is 0 Å². The third-order valence-corrected chi connectivity index (χ3v) is 5.14. The molecule has 0 radical (unpaired) electrons. The lowest BCUT2D eigenvalue weighted by atomic mass is 9.90. The van der Waals surface area contributed by atoms with Gasteiger partial charge < -0.3 is 9.47 Å². The van der Waals surface area contributed by atoms with Crippen LogP contribution < -0.4 is 0 Å². The molecular formula is C22H30O4. The van der Waals surface area contributed by atoms with Crippen molar-refractivity contribution in [2.24, 2.45) is 5.92 Å². The van der Waals surface area contributed by atoms with Gasteiger partial charge in [-0.05, 0) is 64.5 Å². The zero-order chi connectivity index (χ0) is 19.3. The molecule has 1 unspecified atom stereocenters. The Morgan fingerprint density at radius 3 is 2.62 bits per heavy atom. The largest absolute Gasteiger partial charge is 0.458 e.